The Morgan fingerprint density at radius 2 is 1.65 bits per heavy atom. The molecule has 0 radical (unpaired) electrons. The summed E-state index contributed by atoms with van der Waals surface area (Å²) in [6.45, 7) is 5.95. The zero-order chi connectivity index (χ0) is 28.4. The molecule has 1 unspecified atom stereocenters. The normalized spacial score (nSPS) is 11.9. The zero-order valence-corrected chi connectivity index (χ0v) is 22.3. The molecule has 0 bridgehead atoms. The molecule has 0 aliphatic heterocycles. The van der Waals surface area contributed by atoms with Crippen LogP contribution in [0.5, 0.6) is 0 Å². The molecule has 2 aromatic heterocycles. The number of carboxylic acids is 1. The minimum absolute atomic E-state index is 0.0378. The Hall–Kier alpha value is -4.85. The summed E-state index contributed by atoms with van der Waals surface area (Å²) in [6, 6.07) is 20.9. The van der Waals surface area contributed by atoms with Crippen molar-refractivity contribution < 1.29 is 28.0 Å². The van der Waals surface area contributed by atoms with Crippen molar-refractivity contribution in [3.63, 3.8) is 0 Å². The maximum atomic E-state index is 15.1. The van der Waals surface area contributed by atoms with E-state index < -0.39 is 23.5 Å². The van der Waals surface area contributed by atoms with E-state index >= 15 is 4.39 Å². The highest BCUT2D eigenvalue weighted by atomic mass is 19.1. The summed E-state index contributed by atoms with van der Waals surface area (Å²) in [7, 11) is 0. The number of aryl methyl sites for hydroxylation is 3. The molecule has 0 saturated heterocycles. The number of hydrogen-bond acceptors (Lipinski definition) is 6. The molecule has 7 nitrogen and oxygen atoms in total. The molecule has 0 fully saturated rings. The number of ketones is 1. The quantitative estimate of drug-likeness (QED) is 0.197. The highest BCUT2D eigenvalue weighted by Gasteiger charge is 2.25. The lowest BCUT2D eigenvalue weighted by Crippen LogP contribution is -2.20. The predicted molar refractivity (Wildman–Crippen MR) is 147 cm³/mol. The van der Waals surface area contributed by atoms with E-state index in [4.69, 9.17) is 8.94 Å². The SMILES string of the molecule is Cc1ccc(-c2ccc(C(=O)CC(Cc3ccc(-c4noc(-c5ccc(C)c(C)c5)n4)c(F)c3)C(=O)O)o2)cc1. The van der Waals surface area contributed by atoms with E-state index in [0.29, 0.717) is 11.3 Å². The van der Waals surface area contributed by atoms with Gasteiger partial charge >= 0.3 is 5.97 Å². The van der Waals surface area contributed by atoms with Gasteiger partial charge in [0, 0.05) is 17.5 Å². The molecule has 0 amide bonds. The van der Waals surface area contributed by atoms with Crippen LogP contribution in [-0.2, 0) is 11.2 Å². The highest BCUT2D eigenvalue weighted by Crippen LogP contribution is 2.28. The van der Waals surface area contributed by atoms with Crippen LogP contribution >= 0.6 is 0 Å². The van der Waals surface area contributed by atoms with Crippen LogP contribution in [-0.4, -0.2) is 27.0 Å². The molecule has 0 aliphatic carbocycles. The van der Waals surface area contributed by atoms with Crippen LogP contribution in [0.4, 0.5) is 4.39 Å². The Kier molecular flexibility index (Phi) is 7.42. The molecule has 0 aliphatic rings. The summed E-state index contributed by atoms with van der Waals surface area (Å²) in [4.78, 5) is 29.2. The molecule has 1 N–H and O–H groups in total. The number of aliphatic carboxylic acids is 1. The number of Topliss-reactive ketones (excluding diaryl/α,β-unsaturated/α-hetero) is 1. The molecule has 0 saturated carbocycles. The number of carboxylic acid groups (broad SMARTS) is 1. The molecule has 0 spiro atoms. The van der Waals surface area contributed by atoms with E-state index in [1.54, 1.807) is 18.2 Å². The number of hydrogen-bond donors (Lipinski definition) is 1. The summed E-state index contributed by atoms with van der Waals surface area (Å²) in [5.74, 6) is -2.30. The first-order chi connectivity index (χ1) is 19.2. The fourth-order valence-electron chi connectivity index (χ4n) is 4.41. The van der Waals surface area contributed by atoms with E-state index in [-0.39, 0.29) is 35.9 Å². The van der Waals surface area contributed by atoms with Gasteiger partial charge in [-0.05, 0) is 80.3 Å². The number of rotatable bonds is 9. The Labute approximate surface area is 230 Å². The van der Waals surface area contributed by atoms with E-state index in [1.165, 1.54) is 12.1 Å². The minimum Gasteiger partial charge on any atom is -0.481 e. The van der Waals surface area contributed by atoms with Crippen LogP contribution in [0.15, 0.2) is 81.7 Å². The van der Waals surface area contributed by atoms with Crippen LogP contribution < -0.4 is 0 Å². The lowest BCUT2D eigenvalue weighted by Gasteiger charge is -2.12. The summed E-state index contributed by atoms with van der Waals surface area (Å²) in [5.41, 5.74) is 5.40. The van der Waals surface area contributed by atoms with E-state index in [0.717, 1.165) is 27.8 Å². The number of halogens is 1. The monoisotopic (exact) mass is 538 g/mol. The number of furan rings is 1. The third-order valence-corrected chi connectivity index (χ3v) is 6.93. The van der Waals surface area contributed by atoms with E-state index in [2.05, 4.69) is 10.1 Å². The molecule has 2 heterocycles. The van der Waals surface area contributed by atoms with Gasteiger partial charge in [0.1, 0.15) is 11.6 Å². The van der Waals surface area contributed by atoms with Crippen LogP contribution in [0.25, 0.3) is 34.2 Å². The van der Waals surface area contributed by atoms with Gasteiger partial charge in [0.25, 0.3) is 5.89 Å². The van der Waals surface area contributed by atoms with Crippen LogP contribution in [0, 0.1) is 32.5 Å². The molecule has 5 aromatic rings. The van der Waals surface area contributed by atoms with Crippen molar-refractivity contribution >= 4 is 11.8 Å². The summed E-state index contributed by atoms with van der Waals surface area (Å²) >= 11 is 0. The van der Waals surface area contributed by atoms with Crippen LogP contribution in [0.2, 0.25) is 0 Å². The van der Waals surface area contributed by atoms with Crippen LogP contribution in [0.3, 0.4) is 0 Å². The van der Waals surface area contributed by atoms with Gasteiger partial charge in [-0.1, -0.05) is 47.1 Å². The van der Waals surface area contributed by atoms with Gasteiger partial charge in [0.15, 0.2) is 11.5 Å². The van der Waals surface area contributed by atoms with Gasteiger partial charge in [0.05, 0.1) is 11.5 Å². The second-order valence-electron chi connectivity index (χ2n) is 9.93. The molecule has 5 rings (SSSR count). The minimum atomic E-state index is -1.15. The van der Waals surface area contributed by atoms with Crippen molar-refractivity contribution in [2.45, 2.75) is 33.6 Å². The summed E-state index contributed by atoms with van der Waals surface area (Å²) in [6.07, 6.45) is -0.326. The number of carbonyl (C=O) groups excluding carboxylic acids is 1. The standard InChI is InChI=1S/C32H27FN2O5/c1-18-4-8-22(9-5-18)28-12-13-29(39-28)27(36)17-24(32(37)38)15-21-7-11-25(26(33)16-21)30-34-31(40-35-30)23-10-6-19(2)20(3)14-23/h4-14,16,24H,15,17H2,1-3H3,(H,37,38). The van der Waals surface area contributed by atoms with Crippen molar-refractivity contribution in [3.8, 4) is 34.2 Å². The molecular formula is C32H27FN2O5. The second kappa shape index (κ2) is 11.1. The summed E-state index contributed by atoms with van der Waals surface area (Å²) < 4.78 is 26.1. The van der Waals surface area contributed by atoms with Gasteiger partial charge in [0.2, 0.25) is 5.82 Å². The fraction of sp³-hybridized carbons (Fsp3) is 0.188. The summed E-state index contributed by atoms with van der Waals surface area (Å²) in [5, 5.41) is 13.7. The van der Waals surface area contributed by atoms with Gasteiger partial charge in [-0.15, -0.1) is 0 Å². The smallest absolute Gasteiger partial charge is 0.307 e. The average Bonchev–Trinajstić information content (AvgIpc) is 3.61. The van der Waals surface area contributed by atoms with E-state index in [9.17, 15) is 14.7 Å². The van der Waals surface area contributed by atoms with Gasteiger partial charge in [-0.2, -0.15) is 4.98 Å². The Morgan fingerprint density at radius 1 is 0.900 bits per heavy atom. The topological polar surface area (TPSA) is 106 Å². The Balaban J connectivity index is 1.29. The largest absolute Gasteiger partial charge is 0.481 e. The van der Waals surface area contributed by atoms with Gasteiger partial charge in [-0.3, -0.25) is 9.59 Å². The fourth-order valence-corrected chi connectivity index (χ4v) is 4.41. The van der Waals surface area contributed by atoms with Crippen molar-refractivity contribution in [2.24, 2.45) is 5.92 Å². The molecule has 40 heavy (non-hydrogen) atoms. The van der Waals surface area contributed by atoms with Gasteiger partial charge < -0.3 is 14.0 Å². The second-order valence-corrected chi connectivity index (χ2v) is 9.93. The third-order valence-electron chi connectivity index (χ3n) is 6.93. The average molecular weight is 539 g/mol. The lowest BCUT2D eigenvalue weighted by molar-refractivity contribution is -0.141. The maximum absolute atomic E-state index is 15.1. The maximum Gasteiger partial charge on any atom is 0.307 e. The first-order valence-corrected chi connectivity index (χ1v) is 12.8. The Morgan fingerprint density at radius 3 is 2.35 bits per heavy atom. The predicted octanol–water partition coefficient (Wildman–Crippen LogP) is 7.24. The molecule has 3 aromatic carbocycles. The van der Waals surface area contributed by atoms with Gasteiger partial charge in [-0.25, -0.2) is 4.39 Å². The van der Waals surface area contributed by atoms with Crippen molar-refractivity contribution in [1.82, 2.24) is 10.1 Å². The number of carbonyl (C=O) groups is 2. The highest BCUT2D eigenvalue weighted by molar-refractivity contribution is 5.96. The van der Waals surface area contributed by atoms with Crippen molar-refractivity contribution in [1.29, 1.82) is 0 Å². The van der Waals surface area contributed by atoms with Crippen molar-refractivity contribution in [3.05, 3.63) is 107 Å². The molecule has 8 heteroatoms. The van der Waals surface area contributed by atoms with Crippen molar-refractivity contribution in [2.75, 3.05) is 0 Å². The first-order valence-electron chi connectivity index (χ1n) is 12.8. The molecule has 1 atom stereocenters. The van der Waals surface area contributed by atoms with E-state index in [1.807, 2.05) is 63.2 Å². The number of aromatic nitrogens is 2. The number of benzene rings is 3. The third kappa shape index (κ3) is 5.76. The zero-order valence-electron chi connectivity index (χ0n) is 22.3. The first kappa shape index (κ1) is 26.7. The Bertz CT molecular complexity index is 1700. The lowest BCUT2D eigenvalue weighted by atomic mass is 9.93. The number of nitrogens with zero attached hydrogens (tertiary/aromatic N) is 2. The van der Waals surface area contributed by atoms with Crippen LogP contribution in [0.1, 0.15) is 39.2 Å². The molecular weight excluding hydrogens is 511 g/mol. The molecule has 202 valence electrons.